The van der Waals surface area contributed by atoms with E-state index in [4.69, 9.17) is 4.74 Å². The first-order valence-electron chi connectivity index (χ1n) is 7.27. The van der Waals surface area contributed by atoms with E-state index in [1.165, 1.54) is 12.0 Å². The molecule has 0 saturated carbocycles. The topological polar surface area (TPSA) is 12.5 Å². The van der Waals surface area contributed by atoms with E-state index in [9.17, 15) is 0 Å². The highest BCUT2D eigenvalue weighted by Crippen LogP contribution is 2.35. The van der Waals surface area contributed by atoms with Crippen LogP contribution < -0.4 is 0 Å². The summed E-state index contributed by atoms with van der Waals surface area (Å²) in [4.78, 5) is 2.37. The number of ether oxygens (including phenoxy) is 1. The Labute approximate surface area is 117 Å². The highest BCUT2D eigenvalue weighted by Gasteiger charge is 2.37. The predicted octanol–water partition coefficient (Wildman–Crippen LogP) is 4.15. The van der Waals surface area contributed by atoms with Crippen molar-refractivity contribution in [3.8, 4) is 0 Å². The van der Waals surface area contributed by atoms with Crippen LogP contribution in [0.1, 0.15) is 44.8 Å². The zero-order chi connectivity index (χ0) is 13.7. The standard InChI is InChI=1S/C17H25NO/c1-4-5-6-10-13-16-18(3)14(2)17(19-16)15-11-8-7-9-12-15/h4-5,7-9,11-12,14,16-17H,6,10,13H2,1-3H3. The van der Waals surface area contributed by atoms with Gasteiger partial charge in [-0.25, -0.2) is 0 Å². The summed E-state index contributed by atoms with van der Waals surface area (Å²) in [5.41, 5.74) is 1.29. The first-order valence-corrected chi connectivity index (χ1v) is 7.27. The Bertz CT molecular complexity index is 401. The molecule has 2 heteroatoms. The van der Waals surface area contributed by atoms with Gasteiger partial charge in [-0.15, -0.1) is 0 Å². The summed E-state index contributed by atoms with van der Waals surface area (Å²) >= 11 is 0. The Morgan fingerprint density at radius 1 is 1.26 bits per heavy atom. The maximum Gasteiger partial charge on any atom is 0.111 e. The normalized spacial score (nSPS) is 28.3. The maximum absolute atomic E-state index is 6.25. The Balaban J connectivity index is 1.95. The molecule has 1 aliphatic heterocycles. The van der Waals surface area contributed by atoms with Crippen molar-refractivity contribution in [2.75, 3.05) is 7.05 Å². The summed E-state index contributed by atoms with van der Waals surface area (Å²) in [5.74, 6) is 0. The van der Waals surface area contributed by atoms with Crippen molar-refractivity contribution in [3.63, 3.8) is 0 Å². The fraction of sp³-hybridized carbons (Fsp3) is 0.529. The third-order valence-corrected chi connectivity index (χ3v) is 4.02. The zero-order valence-electron chi connectivity index (χ0n) is 12.3. The summed E-state index contributed by atoms with van der Waals surface area (Å²) in [5, 5.41) is 0. The molecule has 3 atom stereocenters. The van der Waals surface area contributed by atoms with Crippen LogP contribution in [0.25, 0.3) is 0 Å². The van der Waals surface area contributed by atoms with E-state index in [0.29, 0.717) is 6.04 Å². The smallest absolute Gasteiger partial charge is 0.111 e. The number of unbranched alkanes of at least 4 members (excludes halogenated alkanes) is 1. The molecule has 0 aromatic heterocycles. The third-order valence-electron chi connectivity index (χ3n) is 4.02. The zero-order valence-corrected chi connectivity index (χ0v) is 12.3. The second-order valence-corrected chi connectivity index (χ2v) is 5.33. The molecule has 3 unspecified atom stereocenters. The summed E-state index contributed by atoms with van der Waals surface area (Å²) in [6.45, 7) is 4.33. The van der Waals surface area contributed by atoms with Crippen molar-refractivity contribution in [2.45, 2.75) is 51.5 Å². The molecule has 1 aromatic rings. The minimum atomic E-state index is 0.206. The molecule has 0 aliphatic carbocycles. The number of benzene rings is 1. The lowest BCUT2D eigenvalue weighted by molar-refractivity contribution is 0.000797. The van der Waals surface area contributed by atoms with Gasteiger partial charge in [0.25, 0.3) is 0 Å². The van der Waals surface area contributed by atoms with E-state index in [2.05, 4.69) is 68.3 Å². The number of hydrogen-bond donors (Lipinski definition) is 0. The van der Waals surface area contributed by atoms with E-state index >= 15 is 0 Å². The van der Waals surface area contributed by atoms with Crippen LogP contribution in [-0.2, 0) is 4.74 Å². The highest BCUT2D eigenvalue weighted by molar-refractivity contribution is 5.20. The molecule has 1 aliphatic rings. The lowest BCUT2D eigenvalue weighted by atomic mass is 10.0. The van der Waals surface area contributed by atoms with E-state index in [1.807, 2.05) is 0 Å². The van der Waals surface area contributed by atoms with Gasteiger partial charge in [0.05, 0.1) is 6.10 Å². The average Bonchev–Trinajstić information content (AvgIpc) is 2.73. The first kappa shape index (κ1) is 14.3. The third kappa shape index (κ3) is 3.46. The Kier molecular flexibility index (Phi) is 5.17. The minimum absolute atomic E-state index is 0.206. The van der Waals surface area contributed by atoms with Crippen molar-refractivity contribution < 1.29 is 4.74 Å². The van der Waals surface area contributed by atoms with Crippen molar-refractivity contribution >= 4 is 0 Å². The molecule has 0 amide bonds. The number of nitrogens with zero attached hydrogens (tertiary/aromatic N) is 1. The fourth-order valence-corrected chi connectivity index (χ4v) is 2.70. The SMILES string of the molecule is CC=CCCCC1OC(c2ccccc2)C(C)N1C. The molecule has 0 radical (unpaired) electrons. The van der Waals surface area contributed by atoms with E-state index < -0.39 is 0 Å². The van der Waals surface area contributed by atoms with Gasteiger partial charge >= 0.3 is 0 Å². The molecular weight excluding hydrogens is 234 g/mol. The van der Waals surface area contributed by atoms with Gasteiger partial charge in [-0.2, -0.15) is 0 Å². The van der Waals surface area contributed by atoms with Crippen LogP contribution >= 0.6 is 0 Å². The maximum atomic E-state index is 6.25. The van der Waals surface area contributed by atoms with Gasteiger partial charge in [-0.05, 0) is 45.7 Å². The molecule has 0 spiro atoms. The van der Waals surface area contributed by atoms with E-state index in [0.717, 1.165) is 12.8 Å². The van der Waals surface area contributed by atoms with E-state index in [-0.39, 0.29) is 12.3 Å². The molecule has 1 fully saturated rings. The number of likely N-dealkylation sites (N-methyl/N-ethyl adjacent to an activating group) is 1. The van der Waals surface area contributed by atoms with Gasteiger partial charge in [0, 0.05) is 6.04 Å². The second kappa shape index (κ2) is 6.88. The minimum Gasteiger partial charge on any atom is -0.354 e. The van der Waals surface area contributed by atoms with Crippen LogP contribution in [0.3, 0.4) is 0 Å². The molecule has 19 heavy (non-hydrogen) atoms. The molecule has 104 valence electrons. The molecule has 2 rings (SSSR count). The van der Waals surface area contributed by atoms with Crippen molar-refractivity contribution in [1.82, 2.24) is 4.90 Å². The van der Waals surface area contributed by atoms with E-state index in [1.54, 1.807) is 0 Å². The van der Waals surface area contributed by atoms with Crippen molar-refractivity contribution in [1.29, 1.82) is 0 Å². The lowest BCUT2D eigenvalue weighted by Gasteiger charge is -2.20. The van der Waals surface area contributed by atoms with Crippen LogP contribution in [0.2, 0.25) is 0 Å². The highest BCUT2D eigenvalue weighted by atomic mass is 16.5. The van der Waals surface area contributed by atoms with Crippen molar-refractivity contribution in [2.24, 2.45) is 0 Å². The largest absolute Gasteiger partial charge is 0.354 e. The summed E-state index contributed by atoms with van der Waals surface area (Å²) in [6.07, 6.45) is 8.25. The van der Waals surface area contributed by atoms with Crippen LogP contribution in [0, 0.1) is 0 Å². The quantitative estimate of drug-likeness (QED) is 0.582. The number of hydrogen-bond acceptors (Lipinski definition) is 2. The lowest BCUT2D eigenvalue weighted by Crippen LogP contribution is -2.31. The van der Waals surface area contributed by atoms with Gasteiger partial charge in [0.2, 0.25) is 0 Å². The average molecular weight is 259 g/mol. The van der Waals surface area contributed by atoms with Gasteiger partial charge in [-0.3, -0.25) is 4.90 Å². The molecule has 2 nitrogen and oxygen atoms in total. The molecule has 0 N–H and O–H groups in total. The monoisotopic (exact) mass is 259 g/mol. The Morgan fingerprint density at radius 2 is 2.00 bits per heavy atom. The summed E-state index contributed by atoms with van der Waals surface area (Å²) < 4.78 is 6.25. The fourth-order valence-electron chi connectivity index (χ4n) is 2.70. The Morgan fingerprint density at radius 3 is 2.68 bits per heavy atom. The van der Waals surface area contributed by atoms with Crippen LogP contribution in [-0.4, -0.2) is 24.2 Å². The second-order valence-electron chi connectivity index (χ2n) is 5.33. The predicted molar refractivity (Wildman–Crippen MR) is 79.9 cm³/mol. The number of rotatable bonds is 5. The van der Waals surface area contributed by atoms with Crippen LogP contribution in [0.4, 0.5) is 0 Å². The molecule has 1 heterocycles. The van der Waals surface area contributed by atoms with Gasteiger partial charge in [0.15, 0.2) is 0 Å². The van der Waals surface area contributed by atoms with Gasteiger partial charge in [-0.1, -0.05) is 42.5 Å². The first-order chi connectivity index (χ1) is 9.24. The molecule has 1 saturated heterocycles. The van der Waals surface area contributed by atoms with Crippen LogP contribution in [0.15, 0.2) is 42.5 Å². The van der Waals surface area contributed by atoms with Gasteiger partial charge < -0.3 is 4.74 Å². The summed E-state index contributed by atoms with van der Waals surface area (Å²) in [7, 11) is 2.17. The molecule has 0 bridgehead atoms. The van der Waals surface area contributed by atoms with Crippen molar-refractivity contribution in [3.05, 3.63) is 48.0 Å². The van der Waals surface area contributed by atoms with Crippen LogP contribution in [0.5, 0.6) is 0 Å². The molecule has 1 aromatic carbocycles. The number of allylic oxidation sites excluding steroid dienone is 2. The Hall–Kier alpha value is -1.12. The molecular formula is C17H25NO. The van der Waals surface area contributed by atoms with Gasteiger partial charge in [0.1, 0.15) is 6.23 Å². The summed E-state index contributed by atoms with van der Waals surface area (Å²) in [6, 6.07) is 11.0.